The van der Waals surface area contributed by atoms with E-state index in [4.69, 9.17) is 21.1 Å². The number of carboxylic acid groups (broad SMARTS) is 1. The summed E-state index contributed by atoms with van der Waals surface area (Å²) < 4.78 is 36.7. The first kappa shape index (κ1) is 29.2. The minimum absolute atomic E-state index is 0.0936. The Morgan fingerprint density at radius 2 is 1.69 bits per heavy atom. The van der Waals surface area contributed by atoms with Gasteiger partial charge in [-0.2, -0.15) is 8.78 Å². The average Bonchev–Trinajstić information content (AvgIpc) is 2.83. The molecule has 11 heteroatoms. The highest BCUT2D eigenvalue weighted by Gasteiger charge is 2.40. The second-order valence-electron chi connectivity index (χ2n) is 11.2. The van der Waals surface area contributed by atoms with Crippen LogP contribution in [-0.4, -0.2) is 87.1 Å². The molecule has 0 spiro atoms. The molecule has 1 atom stereocenters. The molecular formula is C28H37ClF2N4O4. The molecule has 0 saturated carbocycles. The van der Waals surface area contributed by atoms with E-state index in [-0.39, 0.29) is 16.5 Å². The second kappa shape index (κ2) is 11.7. The summed E-state index contributed by atoms with van der Waals surface area (Å²) in [5, 5.41) is 10.7. The molecule has 2 aromatic rings. The molecule has 1 N–H and O–H groups in total. The molecule has 2 aliphatic rings. The Balaban J connectivity index is 1.73. The van der Waals surface area contributed by atoms with Crippen LogP contribution in [0.4, 0.5) is 25.0 Å². The predicted molar refractivity (Wildman–Crippen MR) is 149 cm³/mol. The summed E-state index contributed by atoms with van der Waals surface area (Å²) >= 11 is 6.92. The van der Waals surface area contributed by atoms with E-state index in [1.807, 2.05) is 25.7 Å². The monoisotopic (exact) mass is 566 g/mol. The van der Waals surface area contributed by atoms with E-state index in [1.54, 1.807) is 31.4 Å². The Kier molecular flexibility index (Phi) is 8.78. The molecule has 2 aromatic carbocycles. The van der Waals surface area contributed by atoms with Crippen molar-refractivity contribution in [2.75, 3.05) is 63.2 Å². The summed E-state index contributed by atoms with van der Waals surface area (Å²) in [5.74, 6) is 0.490. The van der Waals surface area contributed by atoms with Gasteiger partial charge < -0.3 is 24.4 Å². The van der Waals surface area contributed by atoms with Crippen molar-refractivity contribution in [3.63, 3.8) is 0 Å². The number of piperazine rings is 1. The lowest BCUT2D eigenvalue weighted by Crippen LogP contribution is -2.63. The van der Waals surface area contributed by atoms with Gasteiger partial charge in [0.2, 0.25) is 0 Å². The molecule has 0 aliphatic carbocycles. The quantitative estimate of drug-likeness (QED) is 0.442. The van der Waals surface area contributed by atoms with Gasteiger partial charge in [0.25, 0.3) is 0 Å². The second-order valence-corrected chi connectivity index (χ2v) is 11.6. The van der Waals surface area contributed by atoms with Gasteiger partial charge in [-0.05, 0) is 30.2 Å². The number of alkyl halides is 2. The van der Waals surface area contributed by atoms with Crippen molar-refractivity contribution < 1.29 is 28.2 Å². The predicted octanol–water partition coefficient (Wildman–Crippen LogP) is 5.66. The van der Waals surface area contributed by atoms with Crippen LogP contribution in [0.1, 0.15) is 32.4 Å². The molecule has 39 heavy (non-hydrogen) atoms. The summed E-state index contributed by atoms with van der Waals surface area (Å²) in [6.45, 7) is 7.92. The smallest absolute Gasteiger partial charge is 0.412 e. The highest BCUT2D eigenvalue weighted by Crippen LogP contribution is 2.48. The number of ether oxygens (including phenoxy) is 2. The molecule has 2 heterocycles. The van der Waals surface area contributed by atoms with Crippen LogP contribution < -0.4 is 19.3 Å². The Morgan fingerprint density at radius 1 is 1.08 bits per heavy atom. The fourth-order valence-corrected chi connectivity index (χ4v) is 5.71. The summed E-state index contributed by atoms with van der Waals surface area (Å²) in [7, 11) is 3.66. The normalized spacial score (nSPS) is 18.1. The zero-order valence-electron chi connectivity index (χ0n) is 23.0. The van der Waals surface area contributed by atoms with E-state index in [9.17, 15) is 18.7 Å². The Bertz CT molecular complexity index is 1150. The first-order valence-electron chi connectivity index (χ1n) is 13.0. The first-order valence-corrected chi connectivity index (χ1v) is 13.4. The lowest BCUT2D eigenvalue weighted by Gasteiger charge is -2.49. The number of rotatable bonds is 8. The van der Waals surface area contributed by atoms with Gasteiger partial charge in [-0.1, -0.05) is 44.5 Å². The average molecular weight is 567 g/mol. The van der Waals surface area contributed by atoms with Crippen molar-refractivity contribution in [2.24, 2.45) is 5.41 Å². The molecule has 1 unspecified atom stereocenters. The summed E-state index contributed by atoms with van der Waals surface area (Å²) in [5.41, 5.74) is 0.696. The van der Waals surface area contributed by atoms with E-state index in [0.717, 1.165) is 31.1 Å². The number of nitrogens with zero attached hydrogens (tertiary/aromatic N) is 4. The van der Waals surface area contributed by atoms with Gasteiger partial charge in [0.05, 0.1) is 29.5 Å². The van der Waals surface area contributed by atoms with Crippen LogP contribution in [0, 0.1) is 5.41 Å². The maximum atomic E-state index is 13.3. The van der Waals surface area contributed by atoms with Crippen LogP contribution >= 0.6 is 11.6 Å². The first-order chi connectivity index (χ1) is 18.4. The van der Waals surface area contributed by atoms with E-state index >= 15 is 0 Å². The van der Waals surface area contributed by atoms with Gasteiger partial charge in [-0.3, -0.25) is 9.80 Å². The number of carbonyl (C=O) groups is 1. The minimum atomic E-state index is -3.07. The van der Waals surface area contributed by atoms with Gasteiger partial charge in [0.15, 0.2) is 0 Å². The number of methoxy groups -OCH3 is 1. The number of likely N-dealkylation sites (N-methyl/N-ethyl adjacent to an activating group) is 1. The van der Waals surface area contributed by atoms with Crippen LogP contribution in [0.15, 0.2) is 36.4 Å². The molecule has 8 nitrogen and oxygen atoms in total. The number of hydrogen-bond donors (Lipinski definition) is 1. The summed E-state index contributed by atoms with van der Waals surface area (Å²) in [6, 6.07) is 9.50. The van der Waals surface area contributed by atoms with Gasteiger partial charge in [-0.25, -0.2) is 4.79 Å². The van der Waals surface area contributed by atoms with Crippen molar-refractivity contribution >= 4 is 29.1 Å². The molecular weight excluding hydrogens is 530 g/mol. The lowest BCUT2D eigenvalue weighted by molar-refractivity contribution is -0.0498. The topological polar surface area (TPSA) is 68.7 Å². The van der Waals surface area contributed by atoms with E-state index in [1.165, 1.54) is 12.1 Å². The van der Waals surface area contributed by atoms with Crippen molar-refractivity contribution in [3.05, 3.63) is 47.0 Å². The third kappa shape index (κ3) is 6.50. The molecule has 4 rings (SSSR count). The number of hydrogen-bond acceptors (Lipinski definition) is 6. The van der Waals surface area contributed by atoms with Gasteiger partial charge >= 0.3 is 12.7 Å². The highest BCUT2D eigenvalue weighted by molar-refractivity contribution is 6.36. The fourth-order valence-electron chi connectivity index (χ4n) is 5.39. The molecule has 0 bridgehead atoms. The van der Waals surface area contributed by atoms with Crippen LogP contribution in [0.3, 0.4) is 0 Å². The molecule has 214 valence electrons. The van der Waals surface area contributed by atoms with E-state index in [0.29, 0.717) is 36.1 Å². The van der Waals surface area contributed by atoms with Gasteiger partial charge in [0.1, 0.15) is 11.5 Å². The molecule has 1 amide bonds. The summed E-state index contributed by atoms with van der Waals surface area (Å²) in [6.07, 6.45) is -1.26. The Labute approximate surface area is 233 Å². The van der Waals surface area contributed by atoms with E-state index in [2.05, 4.69) is 16.8 Å². The van der Waals surface area contributed by atoms with Crippen molar-refractivity contribution in [3.8, 4) is 11.5 Å². The molecule has 2 saturated heterocycles. The fraction of sp³-hybridized carbons (Fsp3) is 0.536. The number of benzene rings is 2. The van der Waals surface area contributed by atoms with Crippen molar-refractivity contribution in [1.29, 1.82) is 0 Å². The SMILES string of the molecule is COc1ccc(C(N(C(=O)O)c2cc(OC(F)F)cc(N3CC(N4CCN(C)CC4)C3)c2Cl)C(C)(C)C)cc1. The summed E-state index contributed by atoms with van der Waals surface area (Å²) in [4.78, 5) is 20.7. The van der Waals surface area contributed by atoms with Crippen molar-refractivity contribution in [2.45, 2.75) is 39.5 Å². The highest BCUT2D eigenvalue weighted by atomic mass is 35.5. The molecule has 0 aromatic heterocycles. The third-order valence-corrected chi connectivity index (χ3v) is 7.85. The number of amides is 1. The number of anilines is 2. The molecule has 2 fully saturated rings. The third-order valence-electron chi connectivity index (χ3n) is 7.47. The zero-order valence-corrected chi connectivity index (χ0v) is 23.8. The standard InChI is InChI=1S/C28H37ClF2N4O4/c1-28(2,3)25(18-6-8-20(38-5)9-7-18)35(27(36)37)23-15-21(39-26(30)31)14-22(24(23)29)34-16-19(17-34)33-12-10-32(4)11-13-33/h6-9,14-15,19,25-26H,10-13,16-17H2,1-5H3,(H,36,37). The van der Waals surface area contributed by atoms with Crippen LogP contribution in [0.2, 0.25) is 5.02 Å². The molecule has 0 radical (unpaired) electrons. The van der Waals surface area contributed by atoms with Crippen LogP contribution in [-0.2, 0) is 0 Å². The van der Waals surface area contributed by atoms with Crippen molar-refractivity contribution in [1.82, 2.24) is 9.80 Å². The minimum Gasteiger partial charge on any atom is -0.497 e. The molecule has 2 aliphatic heterocycles. The zero-order chi connectivity index (χ0) is 28.5. The van der Waals surface area contributed by atoms with Crippen LogP contribution in [0.5, 0.6) is 11.5 Å². The van der Waals surface area contributed by atoms with Crippen LogP contribution in [0.25, 0.3) is 0 Å². The maximum absolute atomic E-state index is 13.3. The number of halogens is 3. The maximum Gasteiger partial charge on any atom is 0.412 e. The van der Waals surface area contributed by atoms with Gasteiger partial charge in [0, 0.05) is 57.4 Å². The van der Waals surface area contributed by atoms with E-state index < -0.39 is 24.2 Å². The lowest BCUT2D eigenvalue weighted by atomic mass is 9.81. The largest absolute Gasteiger partial charge is 0.497 e. The van der Waals surface area contributed by atoms with Gasteiger partial charge in [-0.15, -0.1) is 0 Å². The Morgan fingerprint density at radius 3 is 2.21 bits per heavy atom. The Hall–Kier alpha value is -2.82.